The maximum Gasteiger partial charge on any atom is 0.413 e. The Hall–Kier alpha value is -3.04. The SMILES string of the molecule is COc1cccc2sc(NC(=O)OCCN(C)C(=O)NCc3ccccc3Cl)nc12. The molecule has 1 heterocycles. The van der Waals surface area contributed by atoms with Crippen molar-refractivity contribution in [1.82, 2.24) is 15.2 Å². The Morgan fingerprint density at radius 1 is 1.20 bits per heavy atom. The number of ether oxygens (including phenoxy) is 2. The minimum Gasteiger partial charge on any atom is -0.494 e. The van der Waals surface area contributed by atoms with Crippen LogP contribution in [-0.4, -0.2) is 49.3 Å². The molecule has 10 heteroatoms. The number of amides is 3. The highest BCUT2D eigenvalue weighted by molar-refractivity contribution is 7.22. The van der Waals surface area contributed by atoms with E-state index in [1.807, 2.05) is 30.3 Å². The van der Waals surface area contributed by atoms with Crippen LogP contribution in [0.3, 0.4) is 0 Å². The number of para-hydroxylation sites is 1. The van der Waals surface area contributed by atoms with Crippen molar-refractivity contribution in [3.63, 3.8) is 0 Å². The molecule has 2 aromatic carbocycles. The van der Waals surface area contributed by atoms with Crippen molar-refractivity contribution < 1.29 is 19.1 Å². The number of anilines is 1. The molecule has 0 atom stereocenters. The number of carbonyl (C=O) groups is 2. The molecule has 0 aliphatic rings. The summed E-state index contributed by atoms with van der Waals surface area (Å²) in [5.74, 6) is 0.634. The van der Waals surface area contributed by atoms with Gasteiger partial charge in [-0.15, -0.1) is 0 Å². The number of methoxy groups -OCH3 is 1. The quantitative estimate of drug-likeness (QED) is 0.560. The molecule has 0 fully saturated rings. The van der Waals surface area contributed by atoms with E-state index in [-0.39, 0.29) is 19.2 Å². The Kier molecular flexibility index (Phi) is 7.31. The van der Waals surface area contributed by atoms with Crippen molar-refractivity contribution in [3.8, 4) is 5.75 Å². The van der Waals surface area contributed by atoms with E-state index in [9.17, 15) is 9.59 Å². The average Bonchev–Trinajstić information content (AvgIpc) is 3.15. The summed E-state index contributed by atoms with van der Waals surface area (Å²) in [6, 6.07) is 12.5. The summed E-state index contributed by atoms with van der Waals surface area (Å²) < 4.78 is 11.3. The van der Waals surface area contributed by atoms with Crippen molar-refractivity contribution in [2.45, 2.75) is 6.54 Å². The van der Waals surface area contributed by atoms with Crippen molar-refractivity contribution in [3.05, 3.63) is 53.1 Å². The fraction of sp³-hybridized carbons (Fsp3) is 0.250. The lowest BCUT2D eigenvalue weighted by molar-refractivity contribution is 0.146. The van der Waals surface area contributed by atoms with Gasteiger partial charge >= 0.3 is 12.1 Å². The molecular formula is C20H21ClN4O4S. The van der Waals surface area contributed by atoms with Crippen LogP contribution in [0, 0.1) is 0 Å². The number of benzene rings is 2. The van der Waals surface area contributed by atoms with Crippen LogP contribution in [0.25, 0.3) is 10.2 Å². The van der Waals surface area contributed by atoms with E-state index in [1.54, 1.807) is 26.3 Å². The highest BCUT2D eigenvalue weighted by atomic mass is 35.5. The fourth-order valence-electron chi connectivity index (χ4n) is 2.59. The molecule has 30 heavy (non-hydrogen) atoms. The fourth-order valence-corrected chi connectivity index (χ4v) is 3.66. The van der Waals surface area contributed by atoms with Crippen molar-refractivity contribution in [1.29, 1.82) is 0 Å². The second-order valence-electron chi connectivity index (χ2n) is 6.26. The standard InChI is InChI=1S/C20H21ClN4O4S/c1-25(19(26)22-12-13-6-3-4-7-14(13)21)10-11-29-20(27)24-18-23-17-15(28-2)8-5-9-16(17)30-18/h3-9H,10-12H2,1-2H3,(H,22,26)(H,23,24,27). The predicted octanol–water partition coefficient (Wildman–Crippen LogP) is 4.35. The van der Waals surface area contributed by atoms with Gasteiger partial charge in [0.25, 0.3) is 0 Å². The first kappa shape index (κ1) is 21.7. The topological polar surface area (TPSA) is 92.8 Å². The smallest absolute Gasteiger partial charge is 0.413 e. The van der Waals surface area contributed by atoms with Gasteiger partial charge in [0.15, 0.2) is 5.13 Å². The van der Waals surface area contributed by atoms with E-state index < -0.39 is 6.09 Å². The van der Waals surface area contributed by atoms with Gasteiger partial charge in [-0.05, 0) is 23.8 Å². The number of halogens is 1. The van der Waals surface area contributed by atoms with E-state index in [4.69, 9.17) is 21.1 Å². The number of hydrogen-bond donors (Lipinski definition) is 2. The third-order valence-corrected chi connectivity index (χ3v) is 5.51. The zero-order valence-electron chi connectivity index (χ0n) is 16.5. The number of aromatic nitrogens is 1. The first-order chi connectivity index (χ1) is 14.5. The molecule has 0 radical (unpaired) electrons. The van der Waals surface area contributed by atoms with Crippen LogP contribution in [0.2, 0.25) is 5.02 Å². The zero-order valence-corrected chi connectivity index (χ0v) is 18.0. The molecule has 3 aromatic rings. The van der Waals surface area contributed by atoms with Gasteiger partial charge in [-0.3, -0.25) is 5.32 Å². The monoisotopic (exact) mass is 448 g/mol. The van der Waals surface area contributed by atoms with Gasteiger partial charge in [0.2, 0.25) is 0 Å². The summed E-state index contributed by atoms with van der Waals surface area (Å²) in [4.78, 5) is 29.9. The van der Waals surface area contributed by atoms with Gasteiger partial charge in [0, 0.05) is 18.6 Å². The highest BCUT2D eigenvalue weighted by Gasteiger charge is 2.13. The van der Waals surface area contributed by atoms with Crippen LogP contribution in [0.4, 0.5) is 14.7 Å². The normalized spacial score (nSPS) is 10.5. The van der Waals surface area contributed by atoms with Crippen LogP contribution in [-0.2, 0) is 11.3 Å². The predicted molar refractivity (Wildman–Crippen MR) is 117 cm³/mol. The second-order valence-corrected chi connectivity index (χ2v) is 7.70. The Bertz CT molecular complexity index is 1040. The largest absolute Gasteiger partial charge is 0.494 e. The van der Waals surface area contributed by atoms with Crippen LogP contribution < -0.4 is 15.4 Å². The molecule has 8 nitrogen and oxygen atoms in total. The average molecular weight is 449 g/mol. The molecule has 3 amide bonds. The lowest BCUT2D eigenvalue weighted by atomic mass is 10.2. The van der Waals surface area contributed by atoms with E-state index >= 15 is 0 Å². The molecular weight excluding hydrogens is 428 g/mol. The zero-order chi connectivity index (χ0) is 21.5. The molecule has 0 aliphatic carbocycles. The van der Waals surface area contributed by atoms with Crippen molar-refractivity contribution in [2.24, 2.45) is 0 Å². The number of urea groups is 1. The molecule has 2 N–H and O–H groups in total. The van der Waals surface area contributed by atoms with Crippen LogP contribution in [0.15, 0.2) is 42.5 Å². The van der Waals surface area contributed by atoms with Gasteiger partial charge in [0.05, 0.1) is 18.4 Å². The number of hydrogen-bond acceptors (Lipinski definition) is 6. The first-order valence-electron chi connectivity index (χ1n) is 9.07. The minimum atomic E-state index is -0.641. The summed E-state index contributed by atoms with van der Waals surface area (Å²) in [6.07, 6.45) is -0.641. The van der Waals surface area contributed by atoms with E-state index in [0.717, 1.165) is 10.3 Å². The highest BCUT2D eigenvalue weighted by Crippen LogP contribution is 2.32. The lowest BCUT2D eigenvalue weighted by Gasteiger charge is -2.18. The number of likely N-dealkylation sites (N-methyl/N-ethyl adjacent to an activating group) is 1. The van der Waals surface area contributed by atoms with E-state index in [0.29, 0.717) is 28.0 Å². The molecule has 158 valence electrons. The second kappa shape index (κ2) is 10.1. The molecule has 0 unspecified atom stereocenters. The van der Waals surface area contributed by atoms with Crippen molar-refractivity contribution >= 4 is 50.4 Å². The van der Waals surface area contributed by atoms with Gasteiger partial charge in [-0.1, -0.05) is 47.2 Å². The van der Waals surface area contributed by atoms with Gasteiger partial charge in [-0.25, -0.2) is 14.6 Å². The van der Waals surface area contributed by atoms with E-state index in [2.05, 4.69) is 15.6 Å². The van der Waals surface area contributed by atoms with Crippen molar-refractivity contribution in [2.75, 3.05) is 32.6 Å². The summed E-state index contributed by atoms with van der Waals surface area (Å²) in [7, 11) is 3.18. The van der Waals surface area contributed by atoms with E-state index in [1.165, 1.54) is 16.2 Å². The molecule has 0 spiro atoms. The lowest BCUT2D eigenvalue weighted by Crippen LogP contribution is -2.39. The third-order valence-electron chi connectivity index (χ3n) is 4.21. The van der Waals surface area contributed by atoms with Crippen LogP contribution in [0.5, 0.6) is 5.75 Å². The van der Waals surface area contributed by atoms with Gasteiger partial charge in [0.1, 0.15) is 17.9 Å². The number of rotatable bonds is 7. The summed E-state index contributed by atoms with van der Waals surface area (Å²) >= 11 is 7.39. The summed E-state index contributed by atoms with van der Waals surface area (Å²) in [6.45, 7) is 0.580. The number of fused-ring (bicyclic) bond motifs is 1. The Labute approximate surface area is 182 Å². The molecule has 1 aromatic heterocycles. The number of nitrogens with zero attached hydrogens (tertiary/aromatic N) is 2. The number of carbonyl (C=O) groups excluding carboxylic acids is 2. The first-order valence-corrected chi connectivity index (χ1v) is 10.3. The molecule has 0 saturated carbocycles. The summed E-state index contributed by atoms with van der Waals surface area (Å²) in [5.41, 5.74) is 1.50. The Morgan fingerprint density at radius 2 is 2.00 bits per heavy atom. The van der Waals surface area contributed by atoms with Gasteiger partial charge < -0.3 is 19.7 Å². The number of thiazole rings is 1. The maximum absolute atomic E-state index is 12.1. The Morgan fingerprint density at radius 3 is 2.77 bits per heavy atom. The van der Waals surface area contributed by atoms with Gasteiger partial charge in [-0.2, -0.15) is 0 Å². The number of nitrogens with one attached hydrogen (secondary N) is 2. The molecule has 0 saturated heterocycles. The van der Waals surface area contributed by atoms with Crippen LogP contribution >= 0.6 is 22.9 Å². The Balaban J connectivity index is 1.42. The molecule has 3 rings (SSSR count). The van der Waals surface area contributed by atoms with Crippen LogP contribution in [0.1, 0.15) is 5.56 Å². The molecule has 0 aliphatic heterocycles. The third kappa shape index (κ3) is 5.52. The molecule has 0 bridgehead atoms. The maximum atomic E-state index is 12.1. The minimum absolute atomic E-state index is 0.0378. The summed E-state index contributed by atoms with van der Waals surface area (Å²) in [5, 5.41) is 6.36.